The van der Waals surface area contributed by atoms with Crippen LogP contribution in [-0.2, 0) is 0 Å². The summed E-state index contributed by atoms with van der Waals surface area (Å²) < 4.78 is 0. The van der Waals surface area contributed by atoms with Gasteiger partial charge in [-0.1, -0.05) is 0 Å². The Kier molecular flexibility index (Phi) is 3.85. The number of halogens is 1. The van der Waals surface area contributed by atoms with Gasteiger partial charge in [0, 0.05) is 13.1 Å². The van der Waals surface area contributed by atoms with Gasteiger partial charge in [0.15, 0.2) is 11.5 Å². The lowest BCUT2D eigenvalue weighted by molar-refractivity contribution is 0.0689. The molecule has 15 heavy (non-hydrogen) atoms. The Morgan fingerprint density at radius 2 is 1.93 bits per heavy atom. The largest absolute Gasteiger partial charge is 0.476 e. The second-order valence-electron chi connectivity index (χ2n) is 3.28. The van der Waals surface area contributed by atoms with E-state index in [4.69, 9.17) is 5.11 Å². The first kappa shape index (κ1) is 11.7. The molecule has 0 aromatic carbocycles. The molecule has 0 saturated carbocycles. The fraction of sp³-hybridized carbons (Fsp3) is 0.444. The SMILES string of the molecule is Cl.O=C(O)c1ccc(N2CCCC2)nn1. The van der Waals surface area contributed by atoms with Crippen molar-refractivity contribution in [3.05, 3.63) is 17.8 Å². The normalized spacial score (nSPS) is 14.8. The molecule has 1 aromatic heterocycles. The molecule has 6 heteroatoms. The average molecular weight is 230 g/mol. The van der Waals surface area contributed by atoms with Crippen LogP contribution in [0.15, 0.2) is 12.1 Å². The Labute approximate surface area is 93.5 Å². The summed E-state index contributed by atoms with van der Waals surface area (Å²) in [6.07, 6.45) is 2.34. The molecular formula is C9H12ClN3O2. The fourth-order valence-corrected chi connectivity index (χ4v) is 1.55. The van der Waals surface area contributed by atoms with Gasteiger partial charge in [-0.15, -0.1) is 22.6 Å². The first-order chi connectivity index (χ1) is 6.77. The van der Waals surface area contributed by atoms with Crippen molar-refractivity contribution in [3.8, 4) is 0 Å². The van der Waals surface area contributed by atoms with Gasteiger partial charge in [-0.05, 0) is 25.0 Å². The van der Waals surface area contributed by atoms with E-state index in [9.17, 15) is 4.79 Å². The Morgan fingerprint density at radius 3 is 2.40 bits per heavy atom. The molecule has 1 saturated heterocycles. The van der Waals surface area contributed by atoms with E-state index in [0.29, 0.717) is 0 Å². The summed E-state index contributed by atoms with van der Waals surface area (Å²) in [5, 5.41) is 16.1. The van der Waals surface area contributed by atoms with Gasteiger partial charge in [-0.2, -0.15) is 0 Å². The lowest BCUT2D eigenvalue weighted by Crippen LogP contribution is -2.19. The van der Waals surface area contributed by atoms with Crippen molar-refractivity contribution in [1.29, 1.82) is 0 Å². The number of aromatic carboxylic acids is 1. The van der Waals surface area contributed by atoms with Crippen molar-refractivity contribution in [2.24, 2.45) is 0 Å². The molecule has 2 heterocycles. The van der Waals surface area contributed by atoms with E-state index in [1.807, 2.05) is 0 Å². The van der Waals surface area contributed by atoms with Gasteiger partial charge in [-0.3, -0.25) is 0 Å². The zero-order valence-electron chi connectivity index (χ0n) is 8.09. The van der Waals surface area contributed by atoms with Gasteiger partial charge >= 0.3 is 5.97 Å². The van der Waals surface area contributed by atoms with Gasteiger partial charge in [0.2, 0.25) is 0 Å². The molecule has 0 atom stereocenters. The van der Waals surface area contributed by atoms with Crippen LogP contribution in [0.2, 0.25) is 0 Å². The third-order valence-corrected chi connectivity index (χ3v) is 2.30. The molecule has 0 bridgehead atoms. The molecular weight excluding hydrogens is 218 g/mol. The van der Waals surface area contributed by atoms with Crippen molar-refractivity contribution < 1.29 is 9.90 Å². The molecule has 0 radical (unpaired) electrons. The Bertz CT molecular complexity index is 336. The maximum Gasteiger partial charge on any atom is 0.356 e. The van der Waals surface area contributed by atoms with Crippen molar-refractivity contribution in [1.82, 2.24) is 10.2 Å². The summed E-state index contributed by atoms with van der Waals surface area (Å²) in [6, 6.07) is 3.20. The van der Waals surface area contributed by atoms with Gasteiger partial charge in [-0.25, -0.2) is 4.79 Å². The zero-order chi connectivity index (χ0) is 9.97. The summed E-state index contributed by atoms with van der Waals surface area (Å²) in [4.78, 5) is 12.6. The molecule has 1 aliphatic heterocycles. The Balaban J connectivity index is 0.00000112. The molecule has 0 amide bonds. The molecule has 0 unspecified atom stereocenters. The monoisotopic (exact) mass is 229 g/mol. The number of hydrogen-bond acceptors (Lipinski definition) is 4. The van der Waals surface area contributed by atoms with Crippen LogP contribution < -0.4 is 4.90 Å². The lowest BCUT2D eigenvalue weighted by atomic mass is 10.4. The van der Waals surface area contributed by atoms with Crippen molar-refractivity contribution in [3.63, 3.8) is 0 Å². The predicted octanol–water partition coefficient (Wildman–Crippen LogP) is 1.20. The molecule has 1 N–H and O–H groups in total. The van der Waals surface area contributed by atoms with Crippen LogP contribution in [-0.4, -0.2) is 34.4 Å². The van der Waals surface area contributed by atoms with Gasteiger partial charge in [0.05, 0.1) is 0 Å². The van der Waals surface area contributed by atoms with E-state index < -0.39 is 5.97 Å². The zero-order valence-corrected chi connectivity index (χ0v) is 8.90. The quantitative estimate of drug-likeness (QED) is 0.826. The number of carbonyl (C=O) groups is 1. The lowest BCUT2D eigenvalue weighted by Gasteiger charge is -2.14. The summed E-state index contributed by atoms with van der Waals surface area (Å²) in [5.74, 6) is -0.266. The highest BCUT2D eigenvalue weighted by atomic mass is 35.5. The highest BCUT2D eigenvalue weighted by Crippen LogP contribution is 2.16. The smallest absolute Gasteiger partial charge is 0.356 e. The number of rotatable bonds is 2. The summed E-state index contributed by atoms with van der Waals surface area (Å²) >= 11 is 0. The minimum Gasteiger partial charge on any atom is -0.476 e. The van der Waals surface area contributed by atoms with Crippen molar-refractivity contribution in [2.75, 3.05) is 18.0 Å². The molecule has 0 aliphatic carbocycles. The highest BCUT2D eigenvalue weighted by Gasteiger charge is 2.14. The van der Waals surface area contributed by atoms with Gasteiger partial charge < -0.3 is 10.0 Å². The summed E-state index contributed by atoms with van der Waals surface area (Å²) in [5.41, 5.74) is -0.00653. The number of carboxylic acids is 1. The Morgan fingerprint density at radius 1 is 1.27 bits per heavy atom. The van der Waals surface area contributed by atoms with Gasteiger partial charge in [0.1, 0.15) is 0 Å². The number of carboxylic acid groups (broad SMARTS) is 1. The number of aromatic nitrogens is 2. The minimum absolute atomic E-state index is 0. The Hall–Kier alpha value is -1.36. The minimum atomic E-state index is -1.04. The van der Waals surface area contributed by atoms with Crippen LogP contribution in [0.3, 0.4) is 0 Å². The molecule has 1 aromatic rings. The van der Waals surface area contributed by atoms with E-state index in [0.717, 1.165) is 18.9 Å². The van der Waals surface area contributed by atoms with Crippen LogP contribution >= 0.6 is 12.4 Å². The standard InChI is InChI=1S/C9H11N3O2.ClH/c13-9(14)7-3-4-8(11-10-7)12-5-1-2-6-12;/h3-4H,1-2,5-6H2,(H,13,14);1H. The third kappa shape index (κ3) is 2.56. The predicted molar refractivity (Wildman–Crippen MR) is 57.7 cm³/mol. The molecule has 5 nitrogen and oxygen atoms in total. The van der Waals surface area contributed by atoms with Crippen LogP contribution in [0, 0.1) is 0 Å². The van der Waals surface area contributed by atoms with Crippen molar-refractivity contribution >= 4 is 24.2 Å². The summed E-state index contributed by atoms with van der Waals surface area (Å²) in [7, 11) is 0. The fourth-order valence-electron chi connectivity index (χ4n) is 1.55. The molecule has 2 rings (SSSR count). The van der Waals surface area contributed by atoms with E-state index in [-0.39, 0.29) is 18.1 Å². The number of hydrogen-bond donors (Lipinski definition) is 1. The molecule has 82 valence electrons. The van der Waals surface area contributed by atoms with Crippen LogP contribution in [0.1, 0.15) is 23.3 Å². The first-order valence-electron chi connectivity index (χ1n) is 4.59. The number of anilines is 1. The van der Waals surface area contributed by atoms with Crippen molar-refractivity contribution in [2.45, 2.75) is 12.8 Å². The third-order valence-electron chi connectivity index (χ3n) is 2.30. The highest BCUT2D eigenvalue weighted by molar-refractivity contribution is 5.85. The molecule has 1 fully saturated rings. The van der Waals surface area contributed by atoms with E-state index >= 15 is 0 Å². The van der Waals surface area contributed by atoms with Gasteiger partial charge in [0.25, 0.3) is 0 Å². The molecule has 0 spiro atoms. The maximum atomic E-state index is 10.5. The second-order valence-corrected chi connectivity index (χ2v) is 3.28. The molecule has 1 aliphatic rings. The average Bonchev–Trinajstić information content (AvgIpc) is 2.71. The second kappa shape index (κ2) is 4.93. The van der Waals surface area contributed by atoms with Crippen LogP contribution in [0.4, 0.5) is 5.82 Å². The van der Waals surface area contributed by atoms with Crippen LogP contribution in [0.5, 0.6) is 0 Å². The topological polar surface area (TPSA) is 66.3 Å². The summed E-state index contributed by atoms with van der Waals surface area (Å²) in [6.45, 7) is 1.97. The first-order valence-corrected chi connectivity index (χ1v) is 4.59. The van der Waals surface area contributed by atoms with Crippen LogP contribution in [0.25, 0.3) is 0 Å². The number of nitrogens with zero attached hydrogens (tertiary/aromatic N) is 3. The maximum absolute atomic E-state index is 10.5. The van der Waals surface area contributed by atoms with E-state index in [1.165, 1.54) is 18.9 Å². The van der Waals surface area contributed by atoms with E-state index in [1.54, 1.807) is 6.07 Å². The van der Waals surface area contributed by atoms with E-state index in [2.05, 4.69) is 15.1 Å².